The minimum Gasteiger partial charge on any atom is -0.490 e. The van der Waals surface area contributed by atoms with Gasteiger partial charge < -0.3 is 4.74 Å². The zero-order chi connectivity index (χ0) is 11.8. The van der Waals surface area contributed by atoms with E-state index in [4.69, 9.17) is 4.74 Å². The number of carbonyl (C=O) groups excluding carboxylic acids is 1. The topological polar surface area (TPSA) is 26.3 Å². The number of benzene rings is 1. The average Bonchev–Trinajstić information content (AvgIpc) is 2.99. The van der Waals surface area contributed by atoms with Gasteiger partial charge in [0.1, 0.15) is 5.75 Å². The predicted octanol–water partition coefficient (Wildman–Crippen LogP) is 2.97. The highest BCUT2D eigenvalue weighted by Gasteiger charge is 2.39. The number of ketones is 1. The van der Waals surface area contributed by atoms with Crippen LogP contribution in [0.2, 0.25) is 0 Å². The fraction of sp³-hybridized carbons (Fsp3) is 0.364. The lowest BCUT2D eigenvalue weighted by Gasteiger charge is -2.08. The molecule has 0 N–H and O–H groups in total. The average molecular weight is 230 g/mol. The van der Waals surface area contributed by atoms with Crippen molar-refractivity contribution in [3.05, 3.63) is 29.8 Å². The van der Waals surface area contributed by atoms with E-state index in [2.05, 4.69) is 0 Å². The number of halogens is 3. The molecule has 1 aromatic rings. The van der Waals surface area contributed by atoms with Crippen LogP contribution in [-0.2, 0) is 0 Å². The van der Waals surface area contributed by atoms with Crippen LogP contribution in [0.4, 0.5) is 13.2 Å². The van der Waals surface area contributed by atoms with E-state index in [1.807, 2.05) is 0 Å². The molecule has 1 aliphatic carbocycles. The molecular weight excluding hydrogens is 221 g/mol. The molecule has 0 spiro atoms. The molecule has 1 fully saturated rings. The molecule has 0 radical (unpaired) electrons. The number of hydrogen-bond acceptors (Lipinski definition) is 2. The molecule has 0 aromatic heterocycles. The molecule has 16 heavy (non-hydrogen) atoms. The Hall–Kier alpha value is -1.52. The van der Waals surface area contributed by atoms with Crippen molar-refractivity contribution in [1.82, 2.24) is 0 Å². The number of Topliss-reactive ketones (excluding diaryl/α,β-unsaturated/α-hetero) is 1. The van der Waals surface area contributed by atoms with Gasteiger partial charge in [0, 0.05) is 5.56 Å². The summed E-state index contributed by atoms with van der Waals surface area (Å²) in [5.41, 5.74) is -0.384. The van der Waals surface area contributed by atoms with Crippen molar-refractivity contribution in [1.29, 1.82) is 0 Å². The Kier molecular flexibility index (Phi) is 2.61. The van der Waals surface area contributed by atoms with Crippen LogP contribution >= 0.6 is 0 Å². The summed E-state index contributed by atoms with van der Waals surface area (Å²) < 4.78 is 41.8. The second-order valence-electron chi connectivity index (χ2n) is 3.67. The highest BCUT2D eigenvalue weighted by Crippen LogP contribution is 2.28. The van der Waals surface area contributed by atoms with E-state index in [9.17, 15) is 18.0 Å². The van der Waals surface area contributed by atoms with E-state index in [0.29, 0.717) is 5.75 Å². The van der Waals surface area contributed by atoms with Gasteiger partial charge in [-0.05, 0) is 25.0 Å². The van der Waals surface area contributed by atoms with Gasteiger partial charge >= 0.3 is 6.18 Å². The smallest absolute Gasteiger partial charge is 0.454 e. The van der Waals surface area contributed by atoms with Crippen molar-refractivity contribution in [3.8, 4) is 5.75 Å². The first-order valence-corrected chi connectivity index (χ1v) is 4.85. The highest BCUT2D eigenvalue weighted by atomic mass is 19.4. The molecule has 0 heterocycles. The van der Waals surface area contributed by atoms with Crippen molar-refractivity contribution in [2.24, 2.45) is 0 Å². The Morgan fingerprint density at radius 3 is 2.56 bits per heavy atom. The second kappa shape index (κ2) is 3.81. The van der Waals surface area contributed by atoms with Gasteiger partial charge in [0.15, 0.2) is 0 Å². The van der Waals surface area contributed by atoms with Crippen LogP contribution < -0.4 is 4.74 Å². The summed E-state index contributed by atoms with van der Waals surface area (Å²) in [6, 6.07) is 5.20. The lowest BCUT2D eigenvalue weighted by Crippen LogP contribution is -2.22. The Balaban J connectivity index is 2.17. The number of hydrogen-bond donors (Lipinski definition) is 0. The standard InChI is InChI=1S/C11H9F3O2/c12-11(13,14)10(15)7-2-1-3-9(6-7)16-8-4-5-8/h1-3,6,8H,4-5H2. The van der Waals surface area contributed by atoms with Gasteiger partial charge in [0.05, 0.1) is 6.10 Å². The number of ether oxygens (including phenoxy) is 1. The molecule has 1 saturated carbocycles. The third-order valence-corrected chi connectivity index (χ3v) is 2.18. The first kappa shape index (κ1) is 11.0. The third kappa shape index (κ3) is 2.53. The van der Waals surface area contributed by atoms with E-state index in [1.54, 1.807) is 6.07 Å². The molecule has 1 aliphatic rings. The van der Waals surface area contributed by atoms with E-state index in [-0.39, 0.29) is 11.7 Å². The Morgan fingerprint density at radius 2 is 2.00 bits per heavy atom. The van der Waals surface area contributed by atoms with Crippen LogP contribution in [0.25, 0.3) is 0 Å². The maximum atomic E-state index is 12.2. The lowest BCUT2D eigenvalue weighted by atomic mass is 10.1. The first-order valence-electron chi connectivity index (χ1n) is 4.85. The summed E-state index contributed by atoms with van der Waals surface area (Å²) >= 11 is 0. The number of carbonyl (C=O) groups is 1. The zero-order valence-corrected chi connectivity index (χ0v) is 8.25. The van der Waals surface area contributed by atoms with E-state index in [0.717, 1.165) is 25.0 Å². The van der Waals surface area contributed by atoms with E-state index >= 15 is 0 Å². The maximum Gasteiger partial charge on any atom is 0.454 e. The third-order valence-electron chi connectivity index (χ3n) is 2.18. The van der Waals surface area contributed by atoms with Crippen LogP contribution in [0.15, 0.2) is 24.3 Å². The van der Waals surface area contributed by atoms with Crippen LogP contribution in [0.5, 0.6) is 5.75 Å². The van der Waals surface area contributed by atoms with Crippen molar-refractivity contribution in [3.63, 3.8) is 0 Å². The van der Waals surface area contributed by atoms with Crippen LogP contribution in [0.1, 0.15) is 23.2 Å². The summed E-state index contributed by atoms with van der Waals surface area (Å²) in [7, 11) is 0. The maximum absolute atomic E-state index is 12.2. The molecule has 0 amide bonds. The summed E-state index contributed by atoms with van der Waals surface area (Å²) in [5, 5.41) is 0. The van der Waals surface area contributed by atoms with Gasteiger partial charge in [-0.2, -0.15) is 13.2 Å². The summed E-state index contributed by atoms with van der Waals surface area (Å²) in [4.78, 5) is 10.9. The van der Waals surface area contributed by atoms with Crippen LogP contribution in [0.3, 0.4) is 0 Å². The Labute approximate surface area is 90.0 Å². The normalized spacial score (nSPS) is 15.9. The molecule has 0 unspecified atom stereocenters. The van der Waals surface area contributed by atoms with Crippen LogP contribution in [0, 0.1) is 0 Å². The summed E-state index contributed by atoms with van der Waals surface area (Å²) in [5.74, 6) is -1.52. The molecule has 2 rings (SSSR count). The SMILES string of the molecule is O=C(c1cccc(OC2CC2)c1)C(F)(F)F. The monoisotopic (exact) mass is 230 g/mol. The van der Waals surface area contributed by atoms with E-state index < -0.39 is 12.0 Å². The molecular formula is C11H9F3O2. The quantitative estimate of drug-likeness (QED) is 0.746. The fourth-order valence-corrected chi connectivity index (χ4v) is 1.25. The lowest BCUT2D eigenvalue weighted by molar-refractivity contribution is -0.0885. The second-order valence-corrected chi connectivity index (χ2v) is 3.67. The van der Waals surface area contributed by atoms with Crippen molar-refractivity contribution in [2.75, 3.05) is 0 Å². The summed E-state index contributed by atoms with van der Waals surface area (Å²) in [6.07, 6.45) is -2.91. The molecule has 5 heteroatoms. The number of rotatable bonds is 3. The van der Waals surface area contributed by atoms with Crippen molar-refractivity contribution < 1.29 is 22.7 Å². The molecule has 0 atom stereocenters. The van der Waals surface area contributed by atoms with Gasteiger partial charge in [-0.25, -0.2) is 0 Å². The van der Waals surface area contributed by atoms with Crippen LogP contribution in [-0.4, -0.2) is 18.1 Å². The molecule has 0 aliphatic heterocycles. The van der Waals surface area contributed by atoms with Crippen molar-refractivity contribution >= 4 is 5.78 Å². The van der Waals surface area contributed by atoms with Gasteiger partial charge in [0.2, 0.25) is 0 Å². The largest absolute Gasteiger partial charge is 0.490 e. The molecule has 86 valence electrons. The Morgan fingerprint density at radius 1 is 1.31 bits per heavy atom. The van der Waals surface area contributed by atoms with Crippen molar-refractivity contribution in [2.45, 2.75) is 25.1 Å². The molecule has 0 saturated heterocycles. The Bertz CT molecular complexity index is 408. The van der Waals surface area contributed by atoms with Gasteiger partial charge in [0.25, 0.3) is 5.78 Å². The molecule has 0 bridgehead atoms. The summed E-state index contributed by atoms with van der Waals surface area (Å²) in [6.45, 7) is 0. The van der Waals surface area contributed by atoms with Gasteiger partial charge in [-0.15, -0.1) is 0 Å². The zero-order valence-electron chi connectivity index (χ0n) is 8.25. The fourth-order valence-electron chi connectivity index (χ4n) is 1.25. The predicted molar refractivity (Wildman–Crippen MR) is 50.5 cm³/mol. The first-order chi connectivity index (χ1) is 7.47. The minimum absolute atomic E-state index is 0.0937. The van der Waals surface area contributed by atoms with Gasteiger partial charge in [-0.3, -0.25) is 4.79 Å². The molecule has 1 aromatic carbocycles. The highest BCUT2D eigenvalue weighted by molar-refractivity contribution is 6.00. The molecule has 2 nitrogen and oxygen atoms in total. The number of alkyl halides is 3. The minimum atomic E-state index is -4.84. The van der Waals surface area contributed by atoms with E-state index in [1.165, 1.54) is 6.07 Å². The van der Waals surface area contributed by atoms with Gasteiger partial charge in [-0.1, -0.05) is 12.1 Å².